The predicted molar refractivity (Wildman–Crippen MR) is 151 cm³/mol. The first-order chi connectivity index (χ1) is 16.3. The Morgan fingerprint density at radius 3 is 1.88 bits per heavy atom. The summed E-state index contributed by atoms with van der Waals surface area (Å²) in [5.41, 5.74) is 6.46. The molecule has 0 heterocycles. The normalized spacial score (nSPS) is 17.6. The lowest BCUT2D eigenvalue weighted by atomic mass is 9.87. The second-order valence-corrected chi connectivity index (χ2v) is 10.1. The van der Waals surface area contributed by atoms with Gasteiger partial charge in [0.25, 0.3) is 0 Å². The molecule has 1 aliphatic rings. The summed E-state index contributed by atoms with van der Waals surface area (Å²) in [5.74, 6) is 0.409. The van der Waals surface area contributed by atoms with E-state index in [2.05, 4.69) is 150 Å². The van der Waals surface area contributed by atoms with Crippen LogP contribution in [0.3, 0.4) is 0 Å². The van der Waals surface area contributed by atoms with Crippen LogP contribution in [0.1, 0.15) is 11.5 Å². The van der Waals surface area contributed by atoms with E-state index in [1.54, 1.807) is 0 Å². The van der Waals surface area contributed by atoms with E-state index in [9.17, 15) is 0 Å². The minimum Gasteiger partial charge on any atom is -0.0771 e. The van der Waals surface area contributed by atoms with Crippen LogP contribution in [0.5, 0.6) is 0 Å². The van der Waals surface area contributed by atoms with Gasteiger partial charge in [-0.05, 0) is 61.5 Å². The maximum atomic E-state index is 2.55. The van der Waals surface area contributed by atoms with Gasteiger partial charge in [0.1, 0.15) is 0 Å². The summed E-state index contributed by atoms with van der Waals surface area (Å²) in [5, 5.41) is 5.19. The second kappa shape index (κ2) is 8.64. The maximum absolute atomic E-state index is 2.55. The largest absolute Gasteiger partial charge is 0.0771 e. The molecule has 2 atom stereocenters. The van der Waals surface area contributed by atoms with Crippen LogP contribution in [0, 0.1) is 0 Å². The van der Waals surface area contributed by atoms with Crippen LogP contribution >= 0.6 is 22.6 Å². The Balaban J connectivity index is 1.61. The summed E-state index contributed by atoms with van der Waals surface area (Å²) in [6.07, 6.45) is 8.94. The molecule has 0 fully saturated rings. The highest BCUT2D eigenvalue weighted by Crippen LogP contribution is 2.40. The maximum Gasteiger partial charge on any atom is 0.0395 e. The van der Waals surface area contributed by atoms with Crippen LogP contribution in [0.2, 0.25) is 0 Å². The SMILES string of the molecule is I[C@H]1C=CC=CC1c1ccc2c(-c3ccccc3)c3ccc(-c4ccccc4)cc3cc2c1. The average molecular weight is 534 g/mol. The fourth-order valence-electron chi connectivity index (χ4n) is 4.96. The number of hydrogen-bond acceptors (Lipinski definition) is 0. The number of rotatable bonds is 3. The fourth-order valence-corrected chi connectivity index (χ4v) is 5.85. The topological polar surface area (TPSA) is 0 Å². The molecule has 0 radical (unpaired) electrons. The van der Waals surface area contributed by atoms with Crippen LogP contribution in [0.4, 0.5) is 0 Å². The number of halogens is 1. The van der Waals surface area contributed by atoms with E-state index in [0.29, 0.717) is 9.84 Å². The van der Waals surface area contributed by atoms with Crippen molar-refractivity contribution in [3.63, 3.8) is 0 Å². The zero-order valence-corrected chi connectivity index (χ0v) is 20.3. The summed E-state index contributed by atoms with van der Waals surface area (Å²) >= 11 is 2.55. The van der Waals surface area contributed by atoms with Gasteiger partial charge in [-0.25, -0.2) is 0 Å². The van der Waals surface area contributed by atoms with Crippen molar-refractivity contribution in [2.75, 3.05) is 0 Å². The van der Waals surface area contributed by atoms with Crippen molar-refractivity contribution in [3.05, 3.63) is 133 Å². The number of benzene rings is 5. The van der Waals surface area contributed by atoms with E-state index >= 15 is 0 Å². The molecule has 5 aromatic rings. The molecule has 6 rings (SSSR count). The quantitative estimate of drug-likeness (QED) is 0.123. The number of alkyl halides is 1. The molecule has 1 aliphatic carbocycles. The fraction of sp³-hybridized carbons (Fsp3) is 0.0625. The van der Waals surface area contributed by atoms with E-state index in [4.69, 9.17) is 0 Å². The van der Waals surface area contributed by atoms with Gasteiger partial charge in [0.2, 0.25) is 0 Å². The molecular formula is C32H23I. The number of allylic oxidation sites excluding steroid dienone is 4. The molecular weight excluding hydrogens is 511 g/mol. The van der Waals surface area contributed by atoms with Gasteiger partial charge in [-0.2, -0.15) is 0 Å². The van der Waals surface area contributed by atoms with Crippen molar-refractivity contribution in [2.24, 2.45) is 0 Å². The van der Waals surface area contributed by atoms with E-state index in [1.165, 1.54) is 49.4 Å². The molecule has 1 unspecified atom stereocenters. The Hall–Kier alpha value is -3.17. The van der Waals surface area contributed by atoms with Crippen molar-refractivity contribution in [1.29, 1.82) is 0 Å². The monoisotopic (exact) mass is 534 g/mol. The third-order valence-electron chi connectivity index (χ3n) is 6.60. The lowest BCUT2D eigenvalue weighted by Crippen LogP contribution is -2.09. The summed E-state index contributed by atoms with van der Waals surface area (Å²) in [4.78, 5) is 0. The third kappa shape index (κ3) is 3.81. The van der Waals surface area contributed by atoms with Crippen molar-refractivity contribution in [2.45, 2.75) is 9.84 Å². The Morgan fingerprint density at radius 1 is 0.515 bits per heavy atom. The Labute approximate surface area is 208 Å². The lowest BCUT2D eigenvalue weighted by Gasteiger charge is -2.21. The molecule has 5 aromatic carbocycles. The minimum atomic E-state index is 0.409. The zero-order chi connectivity index (χ0) is 22.2. The summed E-state index contributed by atoms with van der Waals surface area (Å²) in [7, 11) is 0. The van der Waals surface area contributed by atoms with E-state index in [0.717, 1.165) is 0 Å². The highest BCUT2D eigenvalue weighted by Gasteiger charge is 2.19. The zero-order valence-electron chi connectivity index (χ0n) is 18.2. The molecule has 0 N–H and O–H groups in total. The molecule has 0 aromatic heterocycles. The van der Waals surface area contributed by atoms with Crippen LogP contribution in [0.25, 0.3) is 43.8 Å². The first-order valence-corrected chi connectivity index (χ1v) is 12.6. The molecule has 158 valence electrons. The van der Waals surface area contributed by atoms with Gasteiger partial charge < -0.3 is 0 Å². The van der Waals surface area contributed by atoms with Crippen LogP contribution in [0.15, 0.2) is 127 Å². The smallest absolute Gasteiger partial charge is 0.0395 e. The first kappa shape index (κ1) is 20.4. The highest BCUT2D eigenvalue weighted by atomic mass is 127. The molecule has 33 heavy (non-hydrogen) atoms. The van der Waals surface area contributed by atoms with E-state index in [-0.39, 0.29) is 0 Å². The summed E-state index contributed by atoms with van der Waals surface area (Å²) in [6, 6.07) is 37.8. The van der Waals surface area contributed by atoms with Crippen molar-refractivity contribution < 1.29 is 0 Å². The molecule has 0 spiro atoms. The number of fused-ring (bicyclic) bond motifs is 2. The predicted octanol–water partition coefficient (Wildman–Crippen LogP) is 9.34. The molecule has 0 bridgehead atoms. The van der Waals surface area contributed by atoms with Gasteiger partial charge >= 0.3 is 0 Å². The van der Waals surface area contributed by atoms with E-state index < -0.39 is 0 Å². The van der Waals surface area contributed by atoms with Gasteiger partial charge in [-0.1, -0.05) is 138 Å². The van der Waals surface area contributed by atoms with Gasteiger partial charge in [-0.15, -0.1) is 0 Å². The van der Waals surface area contributed by atoms with Crippen molar-refractivity contribution in [1.82, 2.24) is 0 Å². The van der Waals surface area contributed by atoms with Gasteiger partial charge in [0.05, 0.1) is 0 Å². The Bertz CT molecular complexity index is 1510. The lowest BCUT2D eigenvalue weighted by molar-refractivity contribution is 0.896. The average Bonchev–Trinajstić information content (AvgIpc) is 2.88. The molecule has 0 nitrogen and oxygen atoms in total. The van der Waals surface area contributed by atoms with Crippen molar-refractivity contribution >= 4 is 44.1 Å². The van der Waals surface area contributed by atoms with Crippen LogP contribution < -0.4 is 0 Å². The van der Waals surface area contributed by atoms with Crippen LogP contribution in [-0.4, -0.2) is 3.92 Å². The molecule has 1 heteroatoms. The molecule has 0 aliphatic heterocycles. The van der Waals surface area contributed by atoms with E-state index in [1.807, 2.05) is 0 Å². The van der Waals surface area contributed by atoms with Gasteiger partial charge in [0.15, 0.2) is 0 Å². The standard InChI is InChI=1S/C32H23I/c33-31-14-8-7-13-28(31)25-16-18-30-27(20-25)21-26-19-24(22-9-3-1-4-10-22)15-17-29(26)32(30)23-11-5-2-6-12-23/h1-21,28,31H/t28?,31-/m0/s1. The highest BCUT2D eigenvalue weighted by molar-refractivity contribution is 14.1. The van der Waals surface area contributed by atoms with Gasteiger partial charge in [0, 0.05) is 9.84 Å². The molecule has 0 saturated carbocycles. The molecule has 0 saturated heterocycles. The summed E-state index contributed by atoms with van der Waals surface area (Å²) in [6.45, 7) is 0. The number of hydrogen-bond donors (Lipinski definition) is 0. The second-order valence-electron chi connectivity index (χ2n) is 8.64. The Kier molecular flexibility index (Phi) is 5.35. The minimum absolute atomic E-state index is 0.409. The van der Waals surface area contributed by atoms with Gasteiger partial charge in [-0.3, -0.25) is 0 Å². The Morgan fingerprint density at radius 2 is 1.15 bits per heavy atom. The molecule has 0 amide bonds. The summed E-state index contributed by atoms with van der Waals surface area (Å²) < 4.78 is 0.476. The van der Waals surface area contributed by atoms with Crippen molar-refractivity contribution in [3.8, 4) is 22.3 Å². The first-order valence-electron chi connectivity index (χ1n) is 11.4. The third-order valence-corrected chi connectivity index (χ3v) is 7.79. The van der Waals surface area contributed by atoms with Crippen LogP contribution in [-0.2, 0) is 0 Å².